The van der Waals surface area contributed by atoms with Crippen LogP contribution in [0.4, 0.5) is 10.8 Å². The van der Waals surface area contributed by atoms with Crippen molar-refractivity contribution in [3.8, 4) is 22.6 Å². The molecule has 5 rings (SSSR count). The Morgan fingerprint density at radius 1 is 0.929 bits per heavy atom. The highest BCUT2D eigenvalue weighted by molar-refractivity contribution is 7.15. The summed E-state index contributed by atoms with van der Waals surface area (Å²) in [6.07, 6.45) is 2.03. The highest BCUT2D eigenvalue weighted by Crippen LogP contribution is 2.36. The maximum atomic E-state index is 6.09. The number of anilines is 2. The standard InChI is InChI=1S/C20H12Cl2N4S2/c21-13-8-14(22)10-15(9-13)23-19-24-16(11-28-19)18-17(12-4-2-1-3-5-12)25-20-26(18)6-7-27-20/h1-11H,(H,23,24). The van der Waals surface area contributed by atoms with E-state index in [0.29, 0.717) is 10.0 Å². The van der Waals surface area contributed by atoms with Gasteiger partial charge in [0.15, 0.2) is 10.1 Å². The Morgan fingerprint density at radius 3 is 2.50 bits per heavy atom. The van der Waals surface area contributed by atoms with Crippen molar-refractivity contribution in [1.29, 1.82) is 0 Å². The molecule has 0 amide bonds. The first kappa shape index (κ1) is 17.7. The predicted molar refractivity (Wildman–Crippen MR) is 119 cm³/mol. The third-order valence-electron chi connectivity index (χ3n) is 4.17. The maximum Gasteiger partial charge on any atom is 0.194 e. The van der Waals surface area contributed by atoms with Crippen LogP contribution in [0.25, 0.3) is 27.6 Å². The summed E-state index contributed by atoms with van der Waals surface area (Å²) in [6.45, 7) is 0. The van der Waals surface area contributed by atoms with Crippen LogP contribution in [0.3, 0.4) is 0 Å². The molecule has 0 bridgehead atoms. The topological polar surface area (TPSA) is 42.2 Å². The van der Waals surface area contributed by atoms with Gasteiger partial charge < -0.3 is 5.32 Å². The van der Waals surface area contributed by atoms with Crippen molar-refractivity contribution in [2.24, 2.45) is 0 Å². The number of fused-ring (bicyclic) bond motifs is 1. The SMILES string of the molecule is Clc1cc(Cl)cc(Nc2nc(-c3c(-c4ccccc4)nc4sccn34)cs2)c1. The molecule has 8 heteroatoms. The fourth-order valence-corrected chi connectivity index (χ4v) is 4.97. The maximum absolute atomic E-state index is 6.09. The lowest BCUT2D eigenvalue weighted by atomic mass is 10.1. The molecular weight excluding hydrogens is 431 g/mol. The number of aromatic nitrogens is 3. The molecule has 0 aliphatic heterocycles. The fraction of sp³-hybridized carbons (Fsp3) is 0. The van der Waals surface area contributed by atoms with Gasteiger partial charge in [-0.2, -0.15) is 0 Å². The molecule has 0 radical (unpaired) electrons. The van der Waals surface area contributed by atoms with E-state index in [0.717, 1.165) is 38.4 Å². The summed E-state index contributed by atoms with van der Waals surface area (Å²) in [5.41, 5.74) is 4.64. The zero-order valence-electron chi connectivity index (χ0n) is 14.3. The van der Waals surface area contributed by atoms with E-state index in [9.17, 15) is 0 Å². The highest BCUT2D eigenvalue weighted by Gasteiger charge is 2.19. The molecule has 0 saturated heterocycles. The minimum absolute atomic E-state index is 0.578. The Labute approximate surface area is 179 Å². The van der Waals surface area contributed by atoms with E-state index in [2.05, 4.69) is 21.9 Å². The predicted octanol–water partition coefficient (Wildman–Crippen LogP) is 7.24. The molecule has 5 aromatic rings. The molecule has 0 fully saturated rings. The summed E-state index contributed by atoms with van der Waals surface area (Å²) < 4.78 is 2.09. The summed E-state index contributed by atoms with van der Waals surface area (Å²) in [4.78, 5) is 10.6. The Morgan fingerprint density at radius 2 is 1.71 bits per heavy atom. The molecule has 0 saturated carbocycles. The van der Waals surface area contributed by atoms with Gasteiger partial charge in [-0.3, -0.25) is 4.40 Å². The number of nitrogens with one attached hydrogen (secondary N) is 1. The minimum atomic E-state index is 0.578. The Balaban J connectivity index is 1.57. The summed E-state index contributed by atoms with van der Waals surface area (Å²) >= 11 is 15.3. The molecule has 138 valence electrons. The van der Waals surface area contributed by atoms with Crippen LogP contribution >= 0.6 is 45.9 Å². The number of hydrogen-bond donors (Lipinski definition) is 1. The lowest BCUT2D eigenvalue weighted by molar-refractivity contribution is 1.21. The van der Waals surface area contributed by atoms with Crippen LogP contribution in [0.2, 0.25) is 10.0 Å². The molecule has 0 unspecified atom stereocenters. The van der Waals surface area contributed by atoms with Crippen LogP contribution in [-0.2, 0) is 0 Å². The van der Waals surface area contributed by atoms with Crippen LogP contribution in [0, 0.1) is 0 Å². The molecule has 0 spiro atoms. The molecule has 0 aliphatic rings. The van der Waals surface area contributed by atoms with Crippen molar-refractivity contribution in [2.45, 2.75) is 0 Å². The van der Waals surface area contributed by atoms with E-state index < -0.39 is 0 Å². The first-order chi connectivity index (χ1) is 13.7. The van der Waals surface area contributed by atoms with E-state index in [-0.39, 0.29) is 0 Å². The van der Waals surface area contributed by atoms with Crippen LogP contribution < -0.4 is 5.32 Å². The lowest BCUT2D eigenvalue weighted by Gasteiger charge is -2.04. The van der Waals surface area contributed by atoms with Crippen LogP contribution in [-0.4, -0.2) is 14.4 Å². The molecule has 28 heavy (non-hydrogen) atoms. The number of hydrogen-bond acceptors (Lipinski definition) is 5. The summed E-state index contributed by atoms with van der Waals surface area (Å²) in [5.74, 6) is 0. The van der Waals surface area contributed by atoms with Crippen LogP contribution in [0.15, 0.2) is 65.5 Å². The molecule has 0 atom stereocenters. The first-order valence-electron chi connectivity index (χ1n) is 8.37. The largest absolute Gasteiger partial charge is 0.331 e. The average molecular weight is 443 g/mol. The summed E-state index contributed by atoms with van der Waals surface area (Å²) in [6, 6.07) is 15.5. The van der Waals surface area contributed by atoms with Gasteiger partial charge in [-0.25, -0.2) is 9.97 Å². The van der Waals surface area contributed by atoms with Gasteiger partial charge in [0.1, 0.15) is 11.4 Å². The third kappa shape index (κ3) is 3.29. The third-order valence-corrected chi connectivity index (χ3v) is 6.12. The Kier molecular flexibility index (Phi) is 4.56. The van der Waals surface area contributed by atoms with E-state index in [1.54, 1.807) is 17.4 Å². The molecule has 4 nitrogen and oxygen atoms in total. The number of thiazole rings is 2. The van der Waals surface area contributed by atoms with Gasteiger partial charge in [-0.1, -0.05) is 53.5 Å². The first-order valence-corrected chi connectivity index (χ1v) is 10.9. The number of benzene rings is 2. The quantitative estimate of drug-likeness (QED) is 0.318. The van der Waals surface area contributed by atoms with Crippen LogP contribution in [0.5, 0.6) is 0 Å². The van der Waals surface area contributed by atoms with Gasteiger partial charge in [0.25, 0.3) is 0 Å². The van der Waals surface area contributed by atoms with Crippen molar-refractivity contribution in [2.75, 3.05) is 5.32 Å². The van der Waals surface area contributed by atoms with Crippen molar-refractivity contribution in [1.82, 2.24) is 14.4 Å². The second-order valence-electron chi connectivity index (χ2n) is 6.05. The van der Waals surface area contributed by atoms with Gasteiger partial charge in [-0.05, 0) is 18.2 Å². The molecule has 0 aliphatic carbocycles. The van der Waals surface area contributed by atoms with E-state index >= 15 is 0 Å². The normalized spacial score (nSPS) is 11.2. The number of imidazole rings is 1. The van der Waals surface area contributed by atoms with Crippen molar-refractivity contribution < 1.29 is 0 Å². The number of rotatable bonds is 4. The van der Waals surface area contributed by atoms with Gasteiger partial charge in [0.05, 0.1) is 5.69 Å². The highest BCUT2D eigenvalue weighted by atomic mass is 35.5. The summed E-state index contributed by atoms with van der Waals surface area (Å²) in [7, 11) is 0. The fourth-order valence-electron chi connectivity index (χ4n) is 3.02. The second-order valence-corrected chi connectivity index (χ2v) is 8.66. The Bertz CT molecular complexity index is 1250. The summed E-state index contributed by atoms with van der Waals surface area (Å²) in [5, 5.41) is 9.26. The number of nitrogens with zero attached hydrogens (tertiary/aromatic N) is 3. The zero-order chi connectivity index (χ0) is 19.1. The molecule has 1 N–H and O–H groups in total. The van der Waals surface area contributed by atoms with Gasteiger partial charge in [0.2, 0.25) is 0 Å². The average Bonchev–Trinajstić information content (AvgIpc) is 3.37. The van der Waals surface area contributed by atoms with Crippen molar-refractivity contribution in [3.05, 3.63) is 75.5 Å². The zero-order valence-corrected chi connectivity index (χ0v) is 17.4. The second kappa shape index (κ2) is 7.22. The molecule has 3 heterocycles. The van der Waals surface area contributed by atoms with Gasteiger partial charge in [0, 0.05) is 38.3 Å². The van der Waals surface area contributed by atoms with E-state index in [4.69, 9.17) is 33.2 Å². The van der Waals surface area contributed by atoms with Crippen molar-refractivity contribution >= 4 is 61.7 Å². The molecule has 3 aromatic heterocycles. The monoisotopic (exact) mass is 442 g/mol. The number of halogens is 2. The lowest BCUT2D eigenvalue weighted by Crippen LogP contribution is -1.91. The van der Waals surface area contributed by atoms with Gasteiger partial charge >= 0.3 is 0 Å². The van der Waals surface area contributed by atoms with E-state index in [1.807, 2.05) is 47.3 Å². The van der Waals surface area contributed by atoms with Gasteiger partial charge in [-0.15, -0.1) is 22.7 Å². The van der Waals surface area contributed by atoms with Crippen molar-refractivity contribution in [3.63, 3.8) is 0 Å². The minimum Gasteiger partial charge on any atom is -0.331 e. The van der Waals surface area contributed by atoms with E-state index in [1.165, 1.54) is 11.3 Å². The molecular formula is C20H12Cl2N4S2. The Hall–Kier alpha value is -2.38. The van der Waals surface area contributed by atoms with Crippen LogP contribution in [0.1, 0.15) is 0 Å². The smallest absolute Gasteiger partial charge is 0.194 e. The molecule has 2 aromatic carbocycles.